The number of carbonyl (C=O) groups is 3. The molecule has 0 unspecified atom stereocenters. The van der Waals surface area contributed by atoms with E-state index in [-0.39, 0.29) is 11.5 Å². The molecule has 2 aromatic rings. The molecule has 0 aliphatic carbocycles. The molecule has 1 saturated heterocycles. The van der Waals surface area contributed by atoms with Crippen molar-refractivity contribution in [1.82, 2.24) is 20.4 Å². The molecule has 158 valence electrons. The Hall–Kier alpha value is -2.35. The molecule has 2 aromatic heterocycles. The van der Waals surface area contributed by atoms with E-state index in [1.165, 1.54) is 58.2 Å². The van der Waals surface area contributed by atoms with Crippen LogP contribution >= 0.6 is 34.9 Å². The molecule has 1 fully saturated rings. The van der Waals surface area contributed by atoms with E-state index in [4.69, 9.17) is 4.42 Å². The number of carbonyl (C=O) groups excluding carboxylic acids is 2. The molecule has 3 atom stereocenters. The number of amides is 2. The van der Waals surface area contributed by atoms with Crippen LogP contribution in [0.15, 0.2) is 38.4 Å². The highest BCUT2D eigenvalue weighted by molar-refractivity contribution is 8.01. The number of β-lactam (4-membered cyclic amide) rings is 1. The van der Waals surface area contributed by atoms with Gasteiger partial charge in [-0.25, -0.2) is 4.79 Å². The zero-order chi connectivity index (χ0) is 21.4. The standard InChI is InChI=1S/C17H16N4O6S3/c1-7-19-20-17(30-7)29-6-8-5-28-15-10(14(24)21(15)11(8)16(25)26)18-13(23)12(22)9-3-2-4-27-9/h2-4,10,12,15,22H,5-6H2,1H3,(H,18,23)(H,25,26)/t10-,12+,15-/m1/s1. The van der Waals surface area contributed by atoms with Gasteiger partial charge in [-0.1, -0.05) is 23.1 Å². The minimum Gasteiger partial charge on any atom is -0.477 e. The van der Waals surface area contributed by atoms with Gasteiger partial charge in [-0.05, 0) is 24.6 Å². The first-order valence-electron chi connectivity index (χ1n) is 8.71. The van der Waals surface area contributed by atoms with Crippen molar-refractivity contribution in [3.05, 3.63) is 40.4 Å². The van der Waals surface area contributed by atoms with E-state index in [2.05, 4.69) is 15.5 Å². The number of carboxylic acids is 1. The number of hydrogen-bond donors (Lipinski definition) is 3. The van der Waals surface area contributed by atoms with Crippen molar-refractivity contribution in [2.75, 3.05) is 11.5 Å². The average molecular weight is 469 g/mol. The predicted molar refractivity (Wildman–Crippen MR) is 109 cm³/mol. The van der Waals surface area contributed by atoms with Gasteiger partial charge in [0, 0.05) is 11.5 Å². The molecular formula is C17H16N4O6S3. The zero-order valence-electron chi connectivity index (χ0n) is 15.5. The Morgan fingerprint density at radius 3 is 2.90 bits per heavy atom. The second-order valence-corrected chi connectivity index (χ2v) is 9.96. The lowest BCUT2D eigenvalue weighted by atomic mass is 10.0. The van der Waals surface area contributed by atoms with E-state index in [1.807, 2.05) is 6.92 Å². The number of thioether (sulfide) groups is 2. The summed E-state index contributed by atoms with van der Waals surface area (Å²) >= 11 is 4.15. The van der Waals surface area contributed by atoms with Gasteiger partial charge in [-0.2, -0.15) is 0 Å². The highest BCUT2D eigenvalue weighted by Crippen LogP contribution is 2.42. The van der Waals surface area contributed by atoms with Crippen LogP contribution in [0.1, 0.15) is 16.9 Å². The summed E-state index contributed by atoms with van der Waals surface area (Å²) in [5.41, 5.74) is 0.546. The van der Waals surface area contributed by atoms with E-state index in [0.717, 1.165) is 9.35 Å². The van der Waals surface area contributed by atoms with Crippen molar-refractivity contribution in [2.24, 2.45) is 0 Å². The van der Waals surface area contributed by atoms with Gasteiger partial charge < -0.3 is 19.9 Å². The quantitative estimate of drug-likeness (QED) is 0.397. The molecule has 2 aliphatic rings. The second-order valence-electron chi connectivity index (χ2n) is 6.45. The number of carboxylic acid groups (broad SMARTS) is 1. The van der Waals surface area contributed by atoms with Crippen LogP contribution in [0.2, 0.25) is 0 Å². The van der Waals surface area contributed by atoms with Crippen molar-refractivity contribution in [3.8, 4) is 0 Å². The number of aliphatic hydroxyl groups is 1. The van der Waals surface area contributed by atoms with Gasteiger partial charge in [0.15, 0.2) is 10.4 Å². The van der Waals surface area contributed by atoms with Crippen molar-refractivity contribution < 1.29 is 29.0 Å². The molecule has 10 nitrogen and oxygen atoms in total. The Morgan fingerprint density at radius 2 is 2.27 bits per heavy atom. The Balaban J connectivity index is 1.46. The predicted octanol–water partition coefficient (Wildman–Crippen LogP) is 1.00. The van der Waals surface area contributed by atoms with Gasteiger partial charge in [-0.15, -0.1) is 22.0 Å². The van der Waals surface area contributed by atoms with Crippen LogP contribution in [0.4, 0.5) is 0 Å². The van der Waals surface area contributed by atoms with E-state index in [0.29, 0.717) is 17.1 Å². The number of fused-ring (bicyclic) bond motifs is 1. The Bertz CT molecular complexity index is 1020. The lowest BCUT2D eigenvalue weighted by Crippen LogP contribution is -2.70. The van der Waals surface area contributed by atoms with Crippen LogP contribution in [0.5, 0.6) is 0 Å². The number of nitrogens with one attached hydrogen (secondary N) is 1. The first-order chi connectivity index (χ1) is 14.4. The van der Waals surface area contributed by atoms with Gasteiger partial charge >= 0.3 is 5.97 Å². The lowest BCUT2D eigenvalue weighted by Gasteiger charge is -2.49. The fourth-order valence-corrected chi connectivity index (χ4v) is 6.39. The fourth-order valence-electron chi connectivity index (χ4n) is 3.09. The second kappa shape index (κ2) is 8.41. The summed E-state index contributed by atoms with van der Waals surface area (Å²) < 4.78 is 5.73. The largest absolute Gasteiger partial charge is 0.477 e. The fraction of sp³-hybridized carbons (Fsp3) is 0.353. The van der Waals surface area contributed by atoms with Crippen LogP contribution in [0, 0.1) is 6.92 Å². The van der Waals surface area contributed by atoms with Gasteiger partial charge in [0.1, 0.15) is 27.9 Å². The lowest BCUT2D eigenvalue weighted by molar-refractivity contribution is -0.152. The summed E-state index contributed by atoms with van der Waals surface area (Å²) in [5.74, 6) is -1.68. The molecule has 2 aliphatic heterocycles. The summed E-state index contributed by atoms with van der Waals surface area (Å²) in [6.07, 6.45) is -0.224. The van der Waals surface area contributed by atoms with E-state index in [1.54, 1.807) is 0 Å². The zero-order valence-corrected chi connectivity index (χ0v) is 17.9. The third-order valence-corrected chi connectivity index (χ3v) is 7.88. The normalized spacial score (nSPS) is 21.8. The molecule has 3 N–H and O–H groups in total. The maximum Gasteiger partial charge on any atom is 0.352 e. The van der Waals surface area contributed by atoms with Crippen molar-refractivity contribution >= 4 is 52.6 Å². The van der Waals surface area contributed by atoms with E-state index < -0.39 is 35.3 Å². The molecule has 0 saturated carbocycles. The maximum absolute atomic E-state index is 12.6. The molecule has 4 heterocycles. The van der Waals surface area contributed by atoms with Crippen molar-refractivity contribution in [3.63, 3.8) is 0 Å². The molecule has 30 heavy (non-hydrogen) atoms. The number of aliphatic carboxylic acids is 1. The van der Waals surface area contributed by atoms with Gasteiger partial charge in [0.05, 0.1) is 6.26 Å². The highest BCUT2D eigenvalue weighted by atomic mass is 32.2. The van der Waals surface area contributed by atoms with Gasteiger partial charge in [0.25, 0.3) is 11.8 Å². The highest BCUT2D eigenvalue weighted by Gasteiger charge is 2.54. The number of aromatic nitrogens is 2. The minimum absolute atomic E-state index is 0.0600. The van der Waals surface area contributed by atoms with Crippen LogP contribution in [-0.4, -0.2) is 66.0 Å². The Morgan fingerprint density at radius 1 is 1.47 bits per heavy atom. The number of aryl methyl sites for hydroxylation is 1. The molecule has 2 amide bonds. The number of aliphatic hydroxyl groups excluding tert-OH is 1. The third kappa shape index (κ3) is 3.85. The summed E-state index contributed by atoms with van der Waals surface area (Å²) in [6.45, 7) is 1.83. The smallest absolute Gasteiger partial charge is 0.352 e. The Labute approximate surface area is 182 Å². The average Bonchev–Trinajstić information content (AvgIpc) is 3.40. The summed E-state index contributed by atoms with van der Waals surface area (Å²) in [6, 6.07) is 2.07. The number of rotatable bonds is 7. The van der Waals surface area contributed by atoms with Crippen LogP contribution in [0.3, 0.4) is 0 Å². The number of furan rings is 1. The van der Waals surface area contributed by atoms with Crippen molar-refractivity contribution in [1.29, 1.82) is 0 Å². The molecule has 0 aromatic carbocycles. The third-order valence-electron chi connectivity index (χ3n) is 4.49. The number of hydrogen-bond acceptors (Lipinski definition) is 10. The summed E-state index contributed by atoms with van der Waals surface area (Å²) in [7, 11) is 0. The maximum atomic E-state index is 12.6. The SMILES string of the molecule is Cc1nnc(SCC2=C(C(=O)O)N3C(=O)[C@@H](NC(=O)[C@@H](O)c4ccco4)[C@H]3SC2)s1. The molecule has 4 rings (SSSR count). The number of nitrogens with zero attached hydrogens (tertiary/aromatic N) is 3. The minimum atomic E-state index is -1.55. The first kappa shape index (κ1) is 20.9. The van der Waals surface area contributed by atoms with Crippen LogP contribution in [-0.2, 0) is 14.4 Å². The van der Waals surface area contributed by atoms with Gasteiger partial charge in [-0.3, -0.25) is 14.5 Å². The molecule has 0 radical (unpaired) electrons. The van der Waals surface area contributed by atoms with Crippen molar-refractivity contribution in [2.45, 2.75) is 28.8 Å². The van der Waals surface area contributed by atoms with E-state index >= 15 is 0 Å². The molecule has 13 heteroatoms. The molecule has 0 bridgehead atoms. The molecular weight excluding hydrogens is 452 g/mol. The summed E-state index contributed by atoms with van der Waals surface area (Å²) in [5, 5.41) is 30.4. The van der Waals surface area contributed by atoms with E-state index in [9.17, 15) is 24.6 Å². The van der Waals surface area contributed by atoms with Crippen LogP contribution < -0.4 is 5.32 Å². The first-order valence-corrected chi connectivity index (χ1v) is 11.6. The monoisotopic (exact) mass is 468 g/mol. The Kier molecular flexibility index (Phi) is 5.86. The van der Waals surface area contributed by atoms with Gasteiger partial charge in [0.2, 0.25) is 0 Å². The van der Waals surface area contributed by atoms with Crippen LogP contribution in [0.25, 0.3) is 0 Å². The topological polar surface area (TPSA) is 146 Å². The summed E-state index contributed by atoms with van der Waals surface area (Å²) in [4.78, 5) is 38.0. The molecule has 0 spiro atoms.